The van der Waals surface area contributed by atoms with Gasteiger partial charge in [0.2, 0.25) is 5.91 Å². The monoisotopic (exact) mass is 310 g/mol. The van der Waals surface area contributed by atoms with Crippen molar-refractivity contribution in [3.63, 3.8) is 0 Å². The number of benzene rings is 1. The third-order valence-corrected chi connectivity index (χ3v) is 3.34. The van der Waals surface area contributed by atoms with E-state index in [0.29, 0.717) is 36.6 Å². The fourth-order valence-electron chi connectivity index (χ4n) is 2.17. The van der Waals surface area contributed by atoms with Gasteiger partial charge in [-0.25, -0.2) is 0 Å². The van der Waals surface area contributed by atoms with Gasteiger partial charge < -0.3 is 24.8 Å². The number of carbonyl (C=O) groups excluding carboxylic acids is 1. The molecule has 22 heavy (non-hydrogen) atoms. The summed E-state index contributed by atoms with van der Waals surface area (Å²) in [5, 5.41) is 5.93. The van der Waals surface area contributed by atoms with Crippen LogP contribution < -0.4 is 24.8 Å². The smallest absolute Gasteiger partial charge is 0.220 e. The summed E-state index contributed by atoms with van der Waals surface area (Å²) in [5.74, 6) is 2.12. The highest BCUT2D eigenvalue weighted by atomic mass is 16.5. The molecule has 0 aliphatic heterocycles. The average molecular weight is 310 g/mol. The van der Waals surface area contributed by atoms with Crippen LogP contribution in [0.4, 0.5) is 0 Å². The van der Waals surface area contributed by atoms with Crippen LogP contribution in [0.2, 0.25) is 0 Å². The molecule has 0 aromatic heterocycles. The molecule has 0 unspecified atom stereocenters. The summed E-state index contributed by atoms with van der Waals surface area (Å²) in [6, 6.07) is 3.62. The van der Waals surface area contributed by atoms with Gasteiger partial charge in [0, 0.05) is 30.7 Å². The highest BCUT2D eigenvalue weighted by Crippen LogP contribution is 2.34. The van der Waals surface area contributed by atoms with E-state index in [2.05, 4.69) is 10.6 Å². The first-order chi connectivity index (χ1) is 10.7. The van der Waals surface area contributed by atoms with E-state index in [0.717, 1.165) is 18.5 Å². The van der Waals surface area contributed by atoms with Gasteiger partial charge in [-0.15, -0.1) is 0 Å². The fraction of sp³-hybridized carbons (Fsp3) is 0.562. The minimum atomic E-state index is 0.0571. The molecule has 0 bridgehead atoms. The normalized spacial score (nSPS) is 10.2. The summed E-state index contributed by atoms with van der Waals surface area (Å²) in [6.45, 7) is 1.38. The molecule has 1 amide bonds. The number of methoxy groups -OCH3 is 3. The molecule has 1 rings (SSSR count). The molecule has 0 aliphatic carbocycles. The van der Waals surface area contributed by atoms with Gasteiger partial charge in [0.25, 0.3) is 0 Å². The zero-order valence-electron chi connectivity index (χ0n) is 13.8. The summed E-state index contributed by atoms with van der Waals surface area (Å²) < 4.78 is 16.0. The molecule has 1 aromatic carbocycles. The fourth-order valence-corrected chi connectivity index (χ4v) is 2.17. The summed E-state index contributed by atoms with van der Waals surface area (Å²) >= 11 is 0. The van der Waals surface area contributed by atoms with Crippen molar-refractivity contribution < 1.29 is 19.0 Å². The first kappa shape index (κ1) is 18.1. The van der Waals surface area contributed by atoms with Gasteiger partial charge in [-0.3, -0.25) is 4.79 Å². The highest BCUT2D eigenvalue weighted by molar-refractivity contribution is 5.75. The maximum Gasteiger partial charge on any atom is 0.220 e. The lowest BCUT2D eigenvalue weighted by Gasteiger charge is -2.15. The minimum absolute atomic E-state index is 0.0571. The van der Waals surface area contributed by atoms with Crippen LogP contribution in [0.3, 0.4) is 0 Å². The van der Waals surface area contributed by atoms with Crippen LogP contribution in [-0.4, -0.2) is 47.4 Å². The van der Waals surface area contributed by atoms with Gasteiger partial charge in [0.05, 0.1) is 21.3 Å². The quantitative estimate of drug-likeness (QED) is 0.639. The Morgan fingerprint density at radius 2 is 1.68 bits per heavy atom. The van der Waals surface area contributed by atoms with Crippen LogP contribution in [0.25, 0.3) is 0 Å². The second-order valence-corrected chi connectivity index (χ2v) is 4.82. The topological polar surface area (TPSA) is 68.8 Å². The Morgan fingerprint density at radius 1 is 1.05 bits per heavy atom. The molecule has 2 N–H and O–H groups in total. The van der Waals surface area contributed by atoms with Crippen LogP contribution >= 0.6 is 0 Å². The van der Waals surface area contributed by atoms with Crippen molar-refractivity contribution in [2.75, 3.05) is 41.5 Å². The van der Waals surface area contributed by atoms with Gasteiger partial charge in [-0.1, -0.05) is 0 Å². The maximum atomic E-state index is 11.7. The average Bonchev–Trinajstić information content (AvgIpc) is 2.54. The van der Waals surface area contributed by atoms with Gasteiger partial charge in [-0.05, 0) is 26.4 Å². The zero-order valence-corrected chi connectivity index (χ0v) is 13.8. The molecular formula is C16H26N2O4. The van der Waals surface area contributed by atoms with Crippen LogP contribution in [0.1, 0.15) is 18.4 Å². The van der Waals surface area contributed by atoms with Crippen LogP contribution in [-0.2, 0) is 11.2 Å². The van der Waals surface area contributed by atoms with E-state index in [1.54, 1.807) is 21.3 Å². The van der Waals surface area contributed by atoms with E-state index in [-0.39, 0.29) is 5.91 Å². The SMILES string of the molecule is CNCCCC(=O)NCCc1c(OC)cc(OC)cc1OC. The second kappa shape index (κ2) is 9.89. The molecule has 1 aromatic rings. The number of ether oxygens (including phenoxy) is 3. The number of hydrogen-bond donors (Lipinski definition) is 2. The Labute approximate surface area is 132 Å². The van der Waals surface area contributed by atoms with E-state index in [9.17, 15) is 4.79 Å². The molecule has 0 spiro atoms. The lowest BCUT2D eigenvalue weighted by atomic mass is 10.1. The number of hydrogen-bond acceptors (Lipinski definition) is 5. The van der Waals surface area contributed by atoms with Crippen molar-refractivity contribution in [3.05, 3.63) is 17.7 Å². The Kier molecular flexibility index (Phi) is 8.14. The van der Waals surface area contributed by atoms with E-state index in [1.807, 2.05) is 19.2 Å². The number of amides is 1. The van der Waals surface area contributed by atoms with E-state index in [1.165, 1.54) is 0 Å². The molecule has 0 fully saturated rings. The Morgan fingerprint density at radius 3 is 2.18 bits per heavy atom. The van der Waals surface area contributed by atoms with Crippen molar-refractivity contribution in [1.29, 1.82) is 0 Å². The Balaban J connectivity index is 2.62. The predicted molar refractivity (Wildman–Crippen MR) is 86.0 cm³/mol. The van der Waals surface area contributed by atoms with E-state index in [4.69, 9.17) is 14.2 Å². The molecule has 0 radical (unpaired) electrons. The summed E-state index contributed by atoms with van der Waals surface area (Å²) in [6.07, 6.45) is 1.99. The molecule has 0 heterocycles. The van der Waals surface area contributed by atoms with Gasteiger partial charge in [-0.2, -0.15) is 0 Å². The Bertz CT molecular complexity index is 452. The van der Waals surface area contributed by atoms with Crippen LogP contribution in [0.5, 0.6) is 17.2 Å². The van der Waals surface area contributed by atoms with Crippen molar-refractivity contribution >= 4 is 5.91 Å². The number of rotatable bonds is 10. The van der Waals surface area contributed by atoms with Gasteiger partial charge in [0.1, 0.15) is 17.2 Å². The molecule has 6 nitrogen and oxygen atoms in total. The van der Waals surface area contributed by atoms with Gasteiger partial charge >= 0.3 is 0 Å². The Hall–Kier alpha value is -1.95. The largest absolute Gasteiger partial charge is 0.496 e. The standard InChI is InChI=1S/C16H26N2O4/c1-17-8-5-6-16(19)18-9-7-13-14(21-3)10-12(20-2)11-15(13)22-4/h10-11,17H,5-9H2,1-4H3,(H,18,19). The first-order valence-electron chi connectivity index (χ1n) is 7.36. The lowest BCUT2D eigenvalue weighted by Crippen LogP contribution is -2.26. The summed E-state index contributed by atoms with van der Waals surface area (Å²) in [4.78, 5) is 11.7. The number of nitrogens with one attached hydrogen (secondary N) is 2. The summed E-state index contributed by atoms with van der Waals surface area (Å²) in [5.41, 5.74) is 0.918. The molecule has 6 heteroatoms. The van der Waals surface area contributed by atoms with E-state index >= 15 is 0 Å². The highest BCUT2D eigenvalue weighted by Gasteiger charge is 2.13. The van der Waals surface area contributed by atoms with Crippen molar-refractivity contribution in [2.45, 2.75) is 19.3 Å². The molecular weight excluding hydrogens is 284 g/mol. The third kappa shape index (κ3) is 5.44. The summed E-state index contributed by atoms with van der Waals surface area (Å²) in [7, 11) is 6.68. The molecule has 0 atom stereocenters. The van der Waals surface area contributed by atoms with Crippen molar-refractivity contribution in [3.8, 4) is 17.2 Å². The van der Waals surface area contributed by atoms with Crippen LogP contribution in [0, 0.1) is 0 Å². The maximum absolute atomic E-state index is 11.7. The van der Waals surface area contributed by atoms with Gasteiger partial charge in [0.15, 0.2) is 0 Å². The predicted octanol–water partition coefficient (Wildman–Crippen LogP) is 1.37. The third-order valence-electron chi connectivity index (χ3n) is 3.34. The van der Waals surface area contributed by atoms with Crippen molar-refractivity contribution in [1.82, 2.24) is 10.6 Å². The molecule has 0 aliphatic rings. The second-order valence-electron chi connectivity index (χ2n) is 4.82. The molecule has 0 saturated carbocycles. The number of carbonyl (C=O) groups is 1. The molecule has 0 saturated heterocycles. The molecule has 124 valence electrons. The van der Waals surface area contributed by atoms with Crippen molar-refractivity contribution in [2.24, 2.45) is 0 Å². The first-order valence-corrected chi connectivity index (χ1v) is 7.36. The van der Waals surface area contributed by atoms with Crippen LogP contribution in [0.15, 0.2) is 12.1 Å². The zero-order chi connectivity index (χ0) is 16.4. The minimum Gasteiger partial charge on any atom is -0.496 e. The lowest BCUT2D eigenvalue weighted by molar-refractivity contribution is -0.121. The van der Waals surface area contributed by atoms with E-state index < -0.39 is 0 Å².